The van der Waals surface area contributed by atoms with Crippen LogP contribution in [-0.2, 0) is 4.79 Å². The van der Waals surface area contributed by atoms with Crippen molar-refractivity contribution in [2.45, 2.75) is 32.1 Å². The number of aliphatic imine (C=N–C) groups is 1. The number of carbonyl (C=O) groups excluding carboxylic acids is 1. The van der Waals surface area contributed by atoms with E-state index < -0.39 is 0 Å². The molecule has 3 rings (SSSR count). The summed E-state index contributed by atoms with van der Waals surface area (Å²) in [7, 11) is 1.83. The molecule has 0 aromatic carbocycles. The first-order chi connectivity index (χ1) is 12.8. The molecule has 1 saturated carbocycles. The largest absolute Gasteiger partial charge is 0.360 e. The zero-order chi connectivity index (χ0) is 18.2. The van der Waals surface area contributed by atoms with Crippen LogP contribution in [0, 0.1) is 5.92 Å². The minimum Gasteiger partial charge on any atom is -0.360 e. The van der Waals surface area contributed by atoms with Gasteiger partial charge in [-0.3, -0.25) is 9.79 Å². The number of hydrogen-bond acceptors (Lipinski definition) is 4. The molecule has 1 aliphatic heterocycles. The van der Waals surface area contributed by atoms with E-state index in [1.807, 2.05) is 7.05 Å². The molecule has 2 fully saturated rings. The molecule has 2 heterocycles. The molecule has 0 bridgehead atoms. The summed E-state index contributed by atoms with van der Waals surface area (Å²) in [4.78, 5) is 21.1. The fraction of sp³-hybridized carbons (Fsp3) is 0.684. The Bertz CT molecular complexity index is 575. The molecule has 144 valence electrons. The molecular weight excluding hydrogens is 346 g/mol. The van der Waals surface area contributed by atoms with Gasteiger partial charge in [0, 0.05) is 52.7 Å². The topological polar surface area (TPSA) is 60.0 Å². The highest BCUT2D eigenvalue weighted by atomic mass is 32.1. The van der Waals surface area contributed by atoms with Gasteiger partial charge in [0.1, 0.15) is 0 Å². The minimum absolute atomic E-state index is 0.193. The number of carbonyl (C=O) groups is 1. The van der Waals surface area contributed by atoms with Crippen LogP contribution in [0.2, 0.25) is 0 Å². The maximum atomic E-state index is 12.0. The molecule has 1 saturated heterocycles. The third-order valence-corrected chi connectivity index (χ3v) is 6.22. The maximum absolute atomic E-state index is 12.0. The van der Waals surface area contributed by atoms with Crippen molar-refractivity contribution in [3.8, 4) is 0 Å². The number of nitrogens with one attached hydrogen (secondary N) is 2. The van der Waals surface area contributed by atoms with Crippen molar-refractivity contribution < 1.29 is 4.79 Å². The molecule has 0 spiro atoms. The van der Waals surface area contributed by atoms with E-state index in [1.54, 1.807) is 11.3 Å². The number of rotatable bonds is 6. The van der Waals surface area contributed by atoms with Gasteiger partial charge in [0.2, 0.25) is 5.91 Å². The van der Waals surface area contributed by atoms with Crippen LogP contribution in [0.5, 0.6) is 0 Å². The van der Waals surface area contributed by atoms with Crippen LogP contribution in [0.25, 0.3) is 0 Å². The van der Waals surface area contributed by atoms with Crippen molar-refractivity contribution in [3.63, 3.8) is 0 Å². The SMILES string of the molecule is CN=C(NCCNC(=O)CC1CCCC1)N1CCN(c2cccs2)CC1. The average molecular weight is 378 g/mol. The summed E-state index contributed by atoms with van der Waals surface area (Å²) >= 11 is 1.80. The molecular formula is C19H31N5OS. The first kappa shape index (κ1) is 19.0. The van der Waals surface area contributed by atoms with Crippen LogP contribution < -0.4 is 15.5 Å². The second kappa shape index (κ2) is 9.80. The van der Waals surface area contributed by atoms with Crippen molar-refractivity contribution in [1.29, 1.82) is 0 Å². The van der Waals surface area contributed by atoms with Crippen molar-refractivity contribution >= 4 is 28.2 Å². The van der Waals surface area contributed by atoms with E-state index in [0.717, 1.165) is 32.1 Å². The number of hydrogen-bond donors (Lipinski definition) is 2. The minimum atomic E-state index is 0.193. The molecule has 7 heteroatoms. The molecule has 2 N–H and O–H groups in total. The summed E-state index contributed by atoms with van der Waals surface area (Å²) < 4.78 is 0. The van der Waals surface area contributed by atoms with E-state index in [2.05, 4.69) is 42.9 Å². The predicted octanol–water partition coefficient (Wildman–Crippen LogP) is 2.14. The normalized spacial score (nSPS) is 19.0. The molecule has 1 aromatic heterocycles. The van der Waals surface area contributed by atoms with Gasteiger partial charge in [0.25, 0.3) is 0 Å². The van der Waals surface area contributed by atoms with Crippen molar-refractivity contribution in [1.82, 2.24) is 15.5 Å². The van der Waals surface area contributed by atoms with E-state index in [-0.39, 0.29) is 5.91 Å². The first-order valence-electron chi connectivity index (χ1n) is 9.77. The number of guanidine groups is 1. The Balaban J connectivity index is 1.32. The second-order valence-electron chi connectivity index (χ2n) is 7.10. The van der Waals surface area contributed by atoms with Gasteiger partial charge in [-0.15, -0.1) is 11.3 Å². The van der Waals surface area contributed by atoms with Gasteiger partial charge in [0.15, 0.2) is 5.96 Å². The van der Waals surface area contributed by atoms with Crippen molar-refractivity contribution in [3.05, 3.63) is 17.5 Å². The van der Waals surface area contributed by atoms with Gasteiger partial charge in [-0.05, 0) is 36.3 Å². The van der Waals surface area contributed by atoms with E-state index in [0.29, 0.717) is 25.4 Å². The molecule has 1 aliphatic carbocycles. The van der Waals surface area contributed by atoms with Crippen molar-refractivity contribution in [2.75, 3.05) is 51.2 Å². The Kier molecular flexibility index (Phi) is 7.17. The van der Waals surface area contributed by atoms with E-state index in [9.17, 15) is 4.79 Å². The highest BCUT2D eigenvalue weighted by Crippen LogP contribution is 2.27. The summed E-state index contributed by atoms with van der Waals surface area (Å²) in [6.07, 6.45) is 5.70. The standard InChI is InChI=1S/C19H31N5OS/c1-20-19(22-9-8-21-17(25)15-16-5-2-3-6-16)24-12-10-23(11-13-24)18-7-4-14-26-18/h4,7,14,16H,2-3,5-6,8-13,15H2,1H3,(H,20,22)(H,21,25). The van der Waals surface area contributed by atoms with E-state index in [1.165, 1.54) is 30.7 Å². The first-order valence-corrected chi connectivity index (χ1v) is 10.6. The molecule has 1 amide bonds. The fourth-order valence-electron chi connectivity index (χ4n) is 3.85. The van der Waals surface area contributed by atoms with Gasteiger partial charge in [0.05, 0.1) is 5.00 Å². The number of nitrogens with zero attached hydrogens (tertiary/aromatic N) is 3. The predicted molar refractivity (Wildman–Crippen MR) is 109 cm³/mol. The van der Waals surface area contributed by atoms with Crippen LogP contribution in [0.1, 0.15) is 32.1 Å². The summed E-state index contributed by atoms with van der Waals surface area (Å²) in [6.45, 7) is 5.32. The monoisotopic (exact) mass is 377 g/mol. The Hall–Kier alpha value is -1.76. The fourth-order valence-corrected chi connectivity index (χ4v) is 4.63. The lowest BCUT2D eigenvalue weighted by atomic mass is 10.0. The smallest absolute Gasteiger partial charge is 0.220 e. The summed E-state index contributed by atoms with van der Waals surface area (Å²) in [6, 6.07) is 4.29. The highest BCUT2D eigenvalue weighted by molar-refractivity contribution is 7.14. The van der Waals surface area contributed by atoms with Crippen LogP contribution in [0.3, 0.4) is 0 Å². The highest BCUT2D eigenvalue weighted by Gasteiger charge is 2.20. The molecule has 26 heavy (non-hydrogen) atoms. The summed E-state index contributed by atoms with van der Waals surface area (Å²) in [5, 5.41) is 9.89. The molecule has 0 atom stereocenters. The van der Waals surface area contributed by atoms with Crippen molar-refractivity contribution in [2.24, 2.45) is 10.9 Å². The second-order valence-corrected chi connectivity index (χ2v) is 8.03. The zero-order valence-electron chi connectivity index (χ0n) is 15.7. The quantitative estimate of drug-likeness (QED) is 0.453. The molecule has 0 unspecified atom stereocenters. The number of thiophene rings is 1. The Labute approximate surface area is 160 Å². The van der Waals surface area contributed by atoms with Crippen LogP contribution >= 0.6 is 11.3 Å². The Morgan fingerprint density at radius 2 is 1.92 bits per heavy atom. The maximum Gasteiger partial charge on any atom is 0.220 e. The van der Waals surface area contributed by atoms with E-state index in [4.69, 9.17) is 0 Å². The van der Waals surface area contributed by atoms with Gasteiger partial charge < -0.3 is 20.4 Å². The van der Waals surface area contributed by atoms with Crippen LogP contribution in [0.15, 0.2) is 22.5 Å². The zero-order valence-corrected chi connectivity index (χ0v) is 16.6. The third-order valence-electron chi connectivity index (χ3n) is 5.29. The average Bonchev–Trinajstić information content (AvgIpc) is 3.36. The Morgan fingerprint density at radius 3 is 2.58 bits per heavy atom. The third kappa shape index (κ3) is 5.37. The molecule has 0 radical (unpaired) electrons. The van der Waals surface area contributed by atoms with Gasteiger partial charge in [-0.25, -0.2) is 0 Å². The van der Waals surface area contributed by atoms with Crippen LogP contribution in [0.4, 0.5) is 5.00 Å². The molecule has 2 aliphatic rings. The van der Waals surface area contributed by atoms with Gasteiger partial charge in [-0.1, -0.05) is 12.8 Å². The lowest BCUT2D eigenvalue weighted by Crippen LogP contribution is -2.53. The Morgan fingerprint density at radius 1 is 1.19 bits per heavy atom. The molecule has 1 aromatic rings. The number of amides is 1. The lowest BCUT2D eigenvalue weighted by Gasteiger charge is -2.37. The number of anilines is 1. The van der Waals surface area contributed by atoms with Gasteiger partial charge >= 0.3 is 0 Å². The number of piperazine rings is 1. The lowest BCUT2D eigenvalue weighted by molar-refractivity contribution is -0.121. The van der Waals surface area contributed by atoms with Crippen LogP contribution in [-0.4, -0.2) is 63.1 Å². The van der Waals surface area contributed by atoms with Gasteiger partial charge in [-0.2, -0.15) is 0 Å². The van der Waals surface area contributed by atoms with E-state index >= 15 is 0 Å². The molecule has 6 nitrogen and oxygen atoms in total. The summed E-state index contributed by atoms with van der Waals surface area (Å²) in [5.41, 5.74) is 0. The summed E-state index contributed by atoms with van der Waals surface area (Å²) in [5.74, 6) is 1.73.